The second-order valence-corrected chi connectivity index (χ2v) is 6.81. The molecule has 2 aliphatic carbocycles. The lowest BCUT2D eigenvalue weighted by Crippen LogP contribution is -2.46. The first kappa shape index (κ1) is 14.2. The number of nitrogens with one attached hydrogen (secondary N) is 1. The monoisotopic (exact) mass is 270 g/mol. The van der Waals surface area contributed by atoms with Gasteiger partial charge in [0.25, 0.3) is 0 Å². The van der Waals surface area contributed by atoms with Gasteiger partial charge in [-0.25, -0.2) is 0 Å². The first-order valence-corrected chi connectivity index (χ1v) is 8.60. The van der Waals surface area contributed by atoms with Crippen LogP contribution < -0.4 is 11.1 Å². The van der Waals surface area contributed by atoms with Gasteiger partial charge in [0.15, 0.2) is 0 Å². The van der Waals surface area contributed by atoms with Crippen LogP contribution in [0.15, 0.2) is 0 Å². The van der Waals surface area contributed by atoms with E-state index in [0.717, 1.165) is 25.7 Å². The summed E-state index contributed by atoms with van der Waals surface area (Å²) in [5.41, 5.74) is 6.16. The quantitative estimate of drug-likeness (QED) is 0.774. The number of hydrogen-bond donors (Lipinski definition) is 2. The van der Waals surface area contributed by atoms with Crippen molar-refractivity contribution in [2.45, 2.75) is 68.7 Å². The molecule has 0 bridgehead atoms. The number of thioether (sulfide) groups is 1. The Hall–Kier alpha value is -0.220. The summed E-state index contributed by atoms with van der Waals surface area (Å²) in [4.78, 5) is 12.4. The Balaban J connectivity index is 1.89. The highest BCUT2D eigenvalue weighted by Crippen LogP contribution is 2.29. The van der Waals surface area contributed by atoms with E-state index >= 15 is 0 Å². The lowest BCUT2D eigenvalue weighted by Gasteiger charge is -2.25. The maximum Gasteiger partial charge on any atom is 0.224 e. The maximum atomic E-state index is 12.4. The van der Waals surface area contributed by atoms with E-state index in [1.165, 1.54) is 25.7 Å². The minimum atomic E-state index is 0.0515. The van der Waals surface area contributed by atoms with Gasteiger partial charge in [-0.2, -0.15) is 11.8 Å². The molecule has 104 valence electrons. The fraction of sp³-hybridized carbons (Fsp3) is 0.929. The lowest BCUT2D eigenvalue weighted by atomic mass is 9.94. The van der Waals surface area contributed by atoms with Crippen LogP contribution in [-0.2, 0) is 4.79 Å². The molecule has 1 amide bonds. The van der Waals surface area contributed by atoms with E-state index in [-0.39, 0.29) is 17.9 Å². The van der Waals surface area contributed by atoms with Crippen molar-refractivity contribution in [2.24, 2.45) is 11.7 Å². The molecule has 3 nitrogen and oxygen atoms in total. The fourth-order valence-electron chi connectivity index (χ4n) is 3.32. The molecule has 0 aromatic heterocycles. The summed E-state index contributed by atoms with van der Waals surface area (Å²) >= 11 is 1.89. The Labute approximate surface area is 115 Å². The molecule has 4 heteroatoms. The van der Waals surface area contributed by atoms with Crippen molar-refractivity contribution in [2.75, 3.05) is 6.26 Å². The lowest BCUT2D eigenvalue weighted by molar-refractivity contribution is -0.126. The van der Waals surface area contributed by atoms with Crippen LogP contribution in [0, 0.1) is 5.92 Å². The van der Waals surface area contributed by atoms with Crippen LogP contribution in [0.25, 0.3) is 0 Å². The van der Waals surface area contributed by atoms with Gasteiger partial charge in [-0.3, -0.25) is 4.79 Å². The van der Waals surface area contributed by atoms with E-state index in [0.29, 0.717) is 11.3 Å². The molecule has 2 rings (SSSR count). The van der Waals surface area contributed by atoms with Crippen molar-refractivity contribution in [3.8, 4) is 0 Å². The molecule has 0 saturated heterocycles. The molecule has 4 unspecified atom stereocenters. The van der Waals surface area contributed by atoms with E-state index in [4.69, 9.17) is 5.73 Å². The predicted octanol–water partition coefficient (Wildman–Crippen LogP) is 2.29. The van der Waals surface area contributed by atoms with Crippen molar-refractivity contribution in [3.05, 3.63) is 0 Å². The zero-order valence-electron chi connectivity index (χ0n) is 11.4. The summed E-state index contributed by atoms with van der Waals surface area (Å²) in [6.07, 6.45) is 11.3. The van der Waals surface area contributed by atoms with Crippen LogP contribution in [0.3, 0.4) is 0 Å². The van der Waals surface area contributed by atoms with Crippen LogP contribution in [0.2, 0.25) is 0 Å². The largest absolute Gasteiger partial charge is 0.352 e. The van der Waals surface area contributed by atoms with Crippen LogP contribution in [0.5, 0.6) is 0 Å². The van der Waals surface area contributed by atoms with Crippen LogP contribution in [0.1, 0.15) is 51.4 Å². The summed E-state index contributed by atoms with van der Waals surface area (Å²) in [5.74, 6) is 0.269. The van der Waals surface area contributed by atoms with E-state index in [1.807, 2.05) is 11.8 Å². The summed E-state index contributed by atoms with van der Waals surface area (Å²) in [6.45, 7) is 0. The minimum absolute atomic E-state index is 0.0515. The highest BCUT2D eigenvalue weighted by molar-refractivity contribution is 7.99. The third kappa shape index (κ3) is 3.41. The Morgan fingerprint density at radius 2 is 1.89 bits per heavy atom. The highest BCUT2D eigenvalue weighted by atomic mass is 32.2. The highest BCUT2D eigenvalue weighted by Gasteiger charge is 2.32. The van der Waals surface area contributed by atoms with Gasteiger partial charge in [-0.15, -0.1) is 0 Å². The second-order valence-electron chi connectivity index (χ2n) is 5.73. The number of carbonyl (C=O) groups excluding carboxylic acids is 1. The molecule has 2 aliphatic rings. The Kier molecular flexibility index (Phi) is 5.37. The molecule has 0 spiro atoms. The molecule has 2 fully saturated rings. The Bertz CT molecular complexity index is 285. The topological polar surface area (TPSA) is 55.1 Å². The van der Waals surface area contributed by atoms with Gasteiger partial charge in [-0.05, 0) is 31.9 Å². The fourth-order valence-corrected chi connectivity index (χ4v) is 4.26. The molecular formula is C14H26N2OS. The van der Waals surface area contributed by atoms with Gasteiger partial charge in [0, 0.05) is 17.3 Å². The van der Waals surface area contributed by atoms with Crippen molar-refractivity contribution in [1.82, 2.24) is 5.32 Å². The number of carbonyl (C=O) groups is 1. The minimum Gasteiger partial charge on any atom is -0.352 e. The third-order valence-corrected chi connectivity index (χ3v) is 5.66. The summed E-state index contributed by atoms with van der Waals surface area (Å²) in [5, 5.41) is 3.88. The molecule has 0 aromatic rings. The standard InChI is InChI=1S/C14H26N2OS/c1-18-13-9-5-8-12(13)16-14(17)10-6-3-2-4-7-11(10)15/h10-13H,2-9,15H2,1H3,(H,16,17). The van der Waals surface area contributed by atoms with Crippen LogP contribution in [0.4, 0.5) is 0 Å². The number of nitrogens with two attached hydrogens (primary N) is 1. The first-order chi connectivity index (χ1) is 8.72. The van der Waals surface area contributed by atoms with E-state index < -0.39 is 0 Å². The van der Waals surface area contributed by atoms with Gasteiger partial charge in [-0.1, -0.05) is 25.7 Å². The predicted molar refractivity (Wildman–Crippen MR) is 77.6 cm³/mol. The first-order valence-electron chi connectivity index (χ1n) is 7.31. The molecule has 0 heterocycles. The molecule has 0 aliphatic heterocycles. The van der Waals surface area contributed by atoms with Crippen molar-refractivity contribution in [1.29, 1.82) is 0 Å². The zero-order valence-corrected chi connectivity index (χ0v) is 12.2. The van der Waals surface area contributed by atoms with Crippen molar-refractivity contribution >= 4 is 17.7 Å². The summed E-state index contributed by atoms with van der Waals surface area (Å²) < 4.78 is 0. The molecule has 4 atom stereocenters. The van der Waals surface area contributed by atoms with E-state index in [1.54, 1.807) is 0 Å². The SMILES string of the molecule is CSC1CCCC1NC(=O)C1CCCCCC1N. The van der Waals surface area contributed by atoms with E-state index in [9.17, 15) is 4.79 Å². The normalized spacial score (nSPS) is 37.2. The van der Waals surface area contributed by atoms with Crippen LogP contribution >= 0.6 is 11.8 Å². The zero-order chi connectivity index (χ0) is 13.0. The molecule has 18 heavy (non-hydrogen) atoms. The van der Waals surface area contributed by atoms with Crippen LogP contribution in [-0.4, -0.2) is 29.5 Å². The Morgan fingerprint density at radius 3 is 2.67 bits per heavy atom. The summed E-state index contributed by atoms with van der Waals surface area (Å²) in [6, 6.07) is 0.449. The number of amides is 1. The molecular weight excluding hydrogens is 244 g/mol. The molecule has 2 saturated carbocycles. The third-order valence-electron chi connectivity index (χ3n) is 4.49. The van der Waals surface area contributed by atoms with Gasteiger partial charge in [0.05, 0.1) is 5.92 Å². The molecule has 0 radical (unpaired) electrons. The average Bonchev–Trinajstić information content (AvgIpc) is 2.69. The molecule has 3 N–H and O–H groups in total. The van der Waals surface area contributed by atoms with Crippen molar-refractivity contribution < 1.29 is 4.79 Å². The van der Waals surface area contributed by atoms with Gasteiger partial charge in [0.1, 0.15) is 0 Å². The Morgan fingerprint density at radius 1 is 1.11 bits per heavy atom. The summed E-state index contributed by atoms with van der Waals surface area (Å²) in [7, 11) is 0. The maximum absolute atomic E-state index is 12.4. The van der Waals surface area contributed by atoms with Gasteiger partial charge >= 0.3 is 0 Å². The van der Waals surface area contributed by atoms with Crippen molar-refractivity contribution in [3.63, 3.8) is 0 Å². The second kappa shape index (κ2) is 6.80. The average molecular weight is 270 g/mol. The van der Waals surface area contributed by atoms with E-state index in [2.05, 4.69) is 11.6 Å². The number of rotatable bonds is 3. The van der Waals surface area contributed by atoms with Gasteiger partial charge in [0.2, 0.25) is 5.91 Å². The smallest absolute Gasteiger partial charge is 0.224 e. The van der Waals surface area contributed by atoms with Gasteiger partial charge < -0.3 is 11.1 Å². The molecule has 0 aromatic carbocycles. The number of hydrogen-bond acceptors (Lipinski definition) is 3.